The highest BCUT2D eigenvalue weighted by molar-refractivity contribution is 7.90. The Hall–Kier alpha value is -3.53. The van der Waals surface area contributed by atoms with Crippen molar-refractivity contribution in [3.05, 3.63) is 83.4 Å². The van der Waals surface area contributed by atoms with E-state index in [-0.39, 0.29) is 28.5 Å². The molecule has 3 aromatic carbocycles. The Bertz CT molecular complexity index is 1220. The maximum absolute atomic E-state index is 12.6. The number of sulfone groups is 1. The van der Waals surface area contributed by atoms with Crippen molar-refractivity contribution in [3.63, 3.8) is 0 Å². The van der Waals surface area contributed by atoms with Crippen molar-refractivity contribution < 1.29 is 36.2 Å². The third kappa shape index (κ3) is 5.79. The van der Waals surface area contributed by atoms with E-state index in [1.54, 1.807) is 12.1 Å². The molecular formula is C22H18F3NO5S. The van der Waals surface area contributed by atoms with E-state index >= 15 is 0 Å². The lowest BCUT2D eigenvalue weighted by molar-refractivity contribution is -0.137. The number of phenolic OH excluding ortho intramolecular Hbond substituents is 1. The van der Waals surface area contributed by atoms with Crippen LogP contribution in [0.3, 0.4) is 0 Å². The second-order valence-electron chi connectivity index (χ2n) is 6.92. The van der Waals surface area contributed by atoms with Gasteiger partial charge in [0.15, 0.2) is 9.84 Å². The third-order valence-corrected chi connectivity index (χ3v) is 5.55. The van der Waals surface area contributed by atoms with Crippen LogP contribution in [0.25, 0.3) is 0 Å². The van der Waals surface area contributed by atoms with Crippen molar-refractivity contribution in [2.24, 2.45) is 0 Å². The van der Waals surface area contributed by atoms with Crippen LogP contribution in [0.5, 0.6) is 11.5 Å². The number of anilines is 1. The first-order chi connectivity index (χ1) is 14.9. The zero-order valence-corrected chi connectivity index (χ0v) is 17.5. The van der Waals surface area contributed by atoms with Crippen LogP contribution in [-0.2, 0) is 22.6 Å². The Labute approximate surface area is 182 Å². The number of phenols is 1. The molecule has 10 heteroatoms. The minimum Gasteiger partial charge on any atom is -0.507 e. The molecule has 168 valence electrons. The van der Waals surface area contributed by atoms with Gasteiger partial charge in [-0.25, -0.2) is 8.42 Å². The number of alkyl halides is 3. The van der Waals surface area contributed by atoms with E-state index in [1.165, 1.54) is 36.4 Å². The molecule has 0 radical (unpaired) electrons. The molecule has 2 N–H and O–H groups in total. The summed E-state index contributed by atoms with van der Waals surface area (Å²) >= 11 is 0. The van der Waals surface area contributed by atoms with E-state index in [0.717, 1.165) is 24.5 Å². The van der Waals surface area contributed by atoms with E-state index in [2.05, 4.69) is 5.32 Å². The molecule has 0 atom stereocenters. The Morgan fingerprint density at radius 2 is 1.62 bits per heavy atom. The van der Waals surface area contributed by atoms with Crippen LogP contribution in [-0.4, -0.2) is 25.7 Å². The molecule has 3 aromatic rings. The number of rotatable bonds is 6. The van der Waals surface area contributed by atoms with Gasteiger partial charge in [0.1, 0.15) is 23.0 Å². The molecule has 0 saturated carbocycles. The molecule has 3 rings (SSSR count). The normalized spacial score (nSPS) is 11.8. The third-order valence-electron chi connectivity index (χ3n) is 4.42. The molecule has 0 aliphatic rings. The van der Waals surface area contributed by atoms with Gasteiger partial charge >= 0.3 is 6.18 Å². The minimum atomic E-state index is -4.42. The van der Waals surface area contributed by atoms with E-state index < -0.39 is 33.2 Å². The number of hydrogen-bond donors (Lipinski definition) is 2. The maximum Gasteiger partial charge on any atom is 0.416 e. The molecule has 32 heavy (non-hydrogen) atoms. The SMILES string of the molecule is CS(=O)(=O)c1cc(NC(=O)c2ccc(COc3ccc(C(F)(F)F)cc3)cc2)ccc1O. The van der Waals surface area contributed by atoms with Crippen LogP contribution in [0.1, 0.15) is 21.5 Å². The molecule has 0 fully saturated rings. The molecule has 0 aliphatic heterocycles. The summed E-state index contributed by atoms with van der Waals surface area (Å²) in [6, 6.07) is 14.3. The highest BCUT2D eigenvalue weighted by atomic mass is 32.2. The van der Waals surface area contributed by atoms with Gasteiger partial charge < -0.3 is 15.2 Å². The average molecular weight is 465 g/mol. The van der Waals surface area contributed by atoms with Crippen LogP contribution in [0.4, 0.5) is 18.9 Å². The Kier molecular flexibility index (Phi) is 6.45. The predicted molar refractivity (Wildman–Crippen MR) is 111 cm³/mol. The number of aromatic hydroxyl groups is 1. The monoisotopic (exact) mass is 465 g/mol. The topological polar surface area (TPSA) is 92.7 Å². The van der Waals surface area contributed by atoms with Gasteiger partial charge in [-0.2, -0.15) is 13.2 Å². The lowest BCUT2D eigenvalue weighted by Crippen LogP contribution is -2.12. The number of nitrogens with one attached hydrogen (secondary N) is 1. The largest absolute Gasteiger partial charge is 0.507 e. The van der Waals surface area contributed by atoms with Crippen molar-refractivity contribution in [1.82, 2.24) is 0 Å². The first-order valence-electron chi connectivity index (χ1n) is 9.17. The molecule has 0 heterocycles. The van der Waals surface area contributed by atoms with Gasteiger partial charge in [-0.3, -0.25) is 4.79 Å². The number of amides is 1. The number of ether oxygens (including phenoxy) is 1. The lowest BCUT2D eigenvalue weighted by atomic mass is 10.1. The molecule has 0 bridgehead atoms. The van der Waals surface area contributed by atoms with Crippen molar-refractivity contribution in [3.8, 4) is 11.5 Å². The summed E-state index contributed by atoms with van der Waals surface area (Å²) in [5.41, 5.74) is 0.406. The van der Waals surface area contributed by atoms with Gasteiger partial charge in [-0.05, 0) is 60.2 Å². The fraction of sp³-hybridized carbons (Fsp3) is 0.136. The highest BCUT2D eigenvalue weighted by Gasteiger charge is 2.30. The van der Waals surface area contributed by atoms with E-state index in [9.17, 15) is 31.5 Å². The summed E-state index contributed by atoms with van der Waals surface area (Å²) in [4.78, 5) is 12.1. The number of hydrogen-bond acceptors (Lipinski definition) is 5. The van der Waals surface area contributed by atoms with E-state index in [1.807, 2.05) is 0 Å². The van der Waals surface area contributed by atoms with Gasteiger partial charge in [0.05, 0.1) is 5.56 Å². The van der Waals surface area contributed by atoms with Gasteiger partial charge in [0.2, 0.25) is 0 Å². The van der Waals surface area contributed by atoms with Crippen LogP contribution >= 0.6 is 0 Å². The first-order valence-corrected chi connectivity index (χ1v) is 11.1. The zero-order chi connectivity index (χ0) is 23.5. The quantitative estimate of drug-likeness (QED) is 0.517. The van der Waals surface area contributed by atoms with Gasteiger partial charge in [-0.1, -0.05) is 12.1 Å². The lowest BCUT2D eigenvalue weighted by Gasteiger charge is -2.10. The number of carbonyl (C=O) groups is 1. The highest BCUT2D eigenvalue weighted by Crippen LogP contribution is 2.30. The predicted octanol–water partition coefficient (Wildman–Crippen LogP) is 4.65. The molecule has 0 saturated heterocycles. The summed E-state index contributed by atoms with van der Waals surface area (Å²) < 4.78 is 66.6. The molecule has 0 aromatic heterocycles. The van der Waals surface area contributed by atoms with Crippen molar-refractivity contribution in [1.29, 1.82) is 0 Å². The Balaban J connectivity index is 1.62. The average Bonchev–Trinajstić information content (AvgIpc) is 2.73. The van der Waals surface area contributed by atoms with Gasteiger partial charge in [0, 0.05) is 17.5 Å². The minimum absolute atomic E-state index is 0.0863. The first kappa shape index (κ1) is 23.1. The Morgan fingerprint density at radius 1 is 1.00 bits per heavy atom. The fourth-order valence-corrected chi connectivity index (χ4v) is 3.54. The summed E-state index contributed by atoms with van der Waals surface area (Å²) in [6.07, 6.45) is -3.47. The zero-order valence-electron chi connectivity index (χ0n) is 16.7. The number of halogens is 3. The van der Waals surface area contributed by atoms with Crippen molar-refractivity contribution >= 4 is 21.4 Å². The van der Waals surface area contributed by atoms with Crippen molar-refractivity contribution in [2.75, 3.05) is 11.6 Å². The van der Waals surface area contributed by atoms with Crippen LogP contribution < -0.4 is 10.1 Å². The molecule has 0 aliphatic carbocycles. The maximum atomic E-state index is 12.6. The summed E-state index contributed by atoms with van der Waals surface area (Å²) in [5.74, 6) is -0.637. The van der Waals surface area contributed by atoms with Gasteiger partial charge in [-0.15, -0.1) is 0 Å². The Morgan fingerprint density at radius 3 is 2.19 bits per heavy atom. The smallest absolute Gasteiger partial charge is 0.416 e. The molecule has 0 unspecified atom stereocenters. The van der Waals surface area contributed by atoms with Crippen LogP contribution in [0.15, 0.2) is 71.6 Å². The molecule has 0 spiro atoms. The molecule has 1 amide bonds. The molecule has 6 nitrogen and oxygen atoms in total. The second kappa shape index (κ2) is 8.91. The van der Waals surface area contributed by atoms with E-state index in [4.69, 9.17) is 4.74 Å². The van der Waals surface area contributed by atoms with E-state index in [0.29, 0.717) is 5.56 Å². The summed E-state index contributed by atoms with van der Waals surface area (Å²) in [5, 5.41) is 12.2. The molecular weight excluding hydrogens is 447 g/mol. The summed E-state index contributed by atoms with van der Waals surface area (Å²) in [7, 11) is -3.67. The summed E-state index contributed by atoms with van der Waals surface area (Å²) in [6.45, 7) is 0.0863. The van der Waals surface area contributed by atoms with Gasteiger partial charge in [0.25, 0.3) is 5.91 Å². The number of benzene rings is 3. The fourth-order valence-electron chi connectivity index (χ4n) is 2.75. The van der Waals surface area contributed by atoms with Crippen LogP contribution in [0.2, 0.25) is 0 Å². The number of carbonyl (C=O) groups excluding carboxylic acids is 1. The standard InChI is InChI=1S/C22H18F3NO5S/c1-32(29,30)20-12-17(8-11-19(20)27)26-21(28)15-4-2-14(3-5-15)13-31-18-9-6-16(7-10-18)22(23,24)25/h2-12,27H,13H2,1H3,(H,26,28). The van der Waals surface area contributed by atoms with Crippen LogP contribution in [0, 0.1) is 0 Å². The van der Waals surface area contributed by atoms with Crippen molar-refractivity contribution in [2.45, 2.75) is 17.7 Å². The second-order valence-corrected chi connectivity index (χ2v) is 8.90.